The molecule has 1 aliphatic rings. The van der Waals surface area contributed by atoms with E-state index in [0.29, 0.717) is 19.3 Å². The van der Waals surface area contributed by atoms with Gasteiger partial charge in [-0.05, 0) is 31.1 Å². The lowest BCUT2D eigenvalue weighted by molar-refractivity contribution is -0.145. The third-order valence-corrected chi connectivity index (χ3v) is 5.11. The van der Waals surface area contributed by atoms with Crippen molar-refractivity contribution in [3.63, 3.8) is 0 Å². The second-order valence-corrected chi connectivity index (χ2v) is 8.26. The molecular weight excluding hydrogens is 332 g/mol. The van der Waals surface area contributed by atoms with Gasteiger partial charge in [-0.3, -0.25) is 14.4 Å². The molecule has 0 aromatic rings. The van der Waals surface area contributed by atoms with Crippen molar-refractivity contribution in [3.8, 4) is 0 Å². The van der Waals surface area contributed by atoms with Crippen molar-refractivity contribution in [2.75, 3.05) is 0 Å². The number of allylic oxidation sites excluding steroid dienone is 1. The van der Waals surface area contributed by atoms with E-state index < -0.39 is 34.6 Å². The Morgan fingerprint density at radius 1 is 1.08 bits per heavy atom. The van der Waals surface area contributed by atoms with Crippen molar-refractivity contribution in [3.05, 3.63) is 11.3 Å². The second-order valence-electron chi connectivity index (χ2n) is 8.26. The van der Waals surface area contributed by atoms with E-state index in [1.165, 1.54) is 0 Å². The molecule has 5 nitrogen and oxygen atoms in total. The van der Waals surface area contributed by atoms with Gasteiger partial charge in [0.25, 0.3) is 0 Å². The van der Waals surface area contributed by atoms with E-state index in [1.54, 1.807) is 0 Å². The molecule has 2 N–H and O–H groups in total. The molecule has 0 unspecified atom stereocenters. The van der Waals surface area contributed by atoms with E-state index in [-0.39, 0.29) is 36.7 Å². The SMILES string of the molecule is CCCCC(=O)C1=C(O)[C@@](O)(C(=O)CCC(C)C)[C@H](CCC(C)C)C1=O. The smallest absolute Gasteiger partial charge is 0.190 e. The number of ketones is 3. The van der Waals surface area contributed by atoms with Crippen LogP contribution in [0, 0.1) is 17.8 Å². The van der Waals surface area contributed by atoms with Crippen LogP contribution in [0.15, 0.2) is 11.3 Å². The number of aliphatic hydroxyl groups excluding tert-OH is 1. The minimum absolute atomic E-state index is 0.0696. The molecule has 0 saturated heterocycles. The summed E-state index contributed by atoms with van der Waals surface area (Å²) < 4.78 is 0. The molecule has 0 heterocycles. The zero-order valence-corrected chi connectivity index (χ0v) is 16.8. The molecule has 2 atom stereocenters. The lowest BCUT2D eigenvalue weighted by Gasteiger charge is -2.28. The predicted molar refractivity (Wildman–Crippen MR) is 101 cm³/mol. The molecule has 148 valence electrons. The molecule has 0 spiro atoms. The first-order valence-electron chi connectivity index (χ1n) is 9.84. The monoisotopic (exact) mass is 366 g/mol. The van der Waals surface area contributed by atoms with Crippen molar-refractivity contribution in [1.29, 1.82) is 0 Å². The van der Waals surface area contributed by atoms with E-state index in [4.69, 9.17) is 0 Å². The molecule has 0 saturated carbocycles. The Hall–Kier alpha value is -1.49. The number of aliphatic hydroxyl groups is 2. The van der Waals surface area contributed by atoms with Crippen LogP contribution in [0.25, 0.3) is 0 Å². The highest BCUT2D eigenvalue weighted by molar-refractivity contribution is 6.25. The lowest BCUT2D eigenvalue weighted by atomic mass is 9.79. The molecule has 0 amide bonds. The quantitative estimate of drug-likeness (QED) is 0.541. The number of hydrogen-bond acceptors (Lipinski definition) is 5. The van der Waals surface area contributed by atoms with Crippen LogP contribution in [0.4, 0.5) is 0 Å². The zero-order valence-electron chi connectivity index (χ0n) is 16.8. The first kappa shape index (κ1) is 22.6. The third-order valence-electron chi connectivity index (χ3n) is 5.11. The normalized spacial score (nSPS) is 23.4. The number of rotatable bonds is 11. The summed E-state index contributed by atoms with van der Waals surface area (Å²) in [6, 6.07) is 0. The number of carbonyl (C=O) groups is 3. The van der Waals surface area contributed by atoms with Gasteiger partial charge in [-0.25, -0.2) is 0 Å². The first-order chi connectivity index (χ1) is 12.1. The van der Waals surface area contributed by atoms with E-state index in [1.807, 2.05) is 34.6 Å². The van der Waals surface area contributed by atoms with Gasteiger partial charge in [0.05, 0.1) is 5.92 Å². The fourth-order valence-electron chi connectivity index (χ4n) is 3.34. The topological polar surface area (TPSA) is 91.7 Å². The summed E-state index contributed by atoms with van der Waals surface area (Å²) >= 11 is 0. The fraction of sp³-hybridized carbons (Fsp3) is 0.762. The van der Waals surface area contributed by atoms with Crippen LogP contribution >= 0.6 is 0 Å². The van der Waals surface area contributed by atoms with Crippen molar-refractivity contribution >= 4 is 17.3 Å². The first-order valence-corrected chi connectivity index (χ1v) is 9.84. The maximum atomic E-state index is 12.8. The number of unbranched alkanes of at least 4 members (excludes halogenated alkanes) is 1. The summed E-state index contributed by atoms with van der Waals surface area (Å²) in [5, 5.41) is 21.7. The van der Waals surface area contributed by atoms with Crippen LogP contribution < -0.4 is 0 Å². The van der Waals surface area contributed by atoms with Crippen LogP contribution in [-0.4, -0.2) is 33.2 Å². The van der Waals surface area contributed by atoms with Gasteiger partial charge in [0.1, 0.15) is 11.3 Å². The third kappa shape index (κ3) is 4.81. The van der Waals surface area contributed by atoms with Crippen LogP contribution in [0.3, 0.4) is 0 Å². The standard InChI is InChI=1S/C21H34O5/c1-6-7-8-16(22)18-19(24)15(11-9-13(2)3)21(26,20(18)25)17(23)12-10-14(4)5/h13-15,25-26H,6-12H2,1-5H3/t15-,21+/m1/s1. The highest BCUT2D eigenvalue weighted by atomic mass is 16.3. The summed E-state index contributed by atoms with van der Waals surface area (Å²) in [7, 11) is 0. The highest BCUT2D eigenvalue weighted by Gasteiger charge is 2.58. The average Bonchev–Trinajstić information content (AvgIpc) is 2.75. The largest absolute Gasteiger partial charge is 0.508 e. The van der Waals surface area contributed by atoms with Gasteiger partial charge in [0.15, 0.2) is 23.0 Å². The molecule has 0 aliphatic heterocycles. The number of hydrogen-bond donors (Lipinski definition) is 2. The second kappa shape index (κ2) is 9.45. The molecular formula is C21H34O5. The van der Waals surface area contributed by atoms with Crippen LogP contribution in [0.2, 0.25) is 0 Å². The minimum Gasteiger partial charge on any atom is -0.508 e. The molecule has 1 rings (SSSR count). The summed E-state index contributed by atoms with van der Waals surface area (Å²) in [5.74, 6) is -2.87. The highest BCUT2D eigenvalue weighted by Crippen LogP contribution is 2.42. The van der Waals surface area contributed by atoms with E-state index in [0.717, 1.165) is 6.42 Å². The Morgan fingerprint density at radius 2 is 1.65 bits per heavy atom. The summed E-state index contributed by atoms with van der Waals surface area (Å²) in [6.07, 6.45) is 3.03. The van der Waals surface area contributed by atoms with Crippen LogP contribution in [0.1, 0.15) is 79.6 Å². The average molecular weight is 366 g/mol. The summed E-state index contributed by atoms with van der Waals surface area (Å²) in [6.45, 7) is 9.82. The molecule has 5 heteroatoms. The van der Waals surface area contributed by atoms with E-state index in [9.17, 15) is 24.6 Å². The van der Waals surface area contributed by atoms with Crippen LogP contribution in [0.5, 0.6) is 0 Å². The lowest BCUT2D eigenvalue weighted by Crippen LogP contribution is -2.47. The Morgan fingerprint density at radius 3 is 2.15 bits per heavy atom. The maximum absolute atomic E-state index is 12.8. The van der Waals surface area contributed by atoms with E-state index in [2.05, 4.69) is 0 Å². The summed E-state index contributed by atoms with van der Waals surface area (Å²) in [4.78, 5) is 38.0. The van der Waals surface area contributed by atoms with Gasteiger partial charge >= 0.3 is 0 Å². The van der Waals surface area contributed by atoms with Crippen molar-refractivity contribution < 1.29 is 24.6 Å². The Labute approximate surface area is 156 Å². The minimum atomic E-state index is -2.25. The summed E-state index contributed by atoms with van der Waals surface area (Å²) in [5.41, 5.74) is -2.61. The van der Waals surface area contributed by atoms with Gasteiger partial charge in [-0.15, -0.1) is 0 Å². The van der Waals surface area contributed by atoms with Gasteiger partial charge in [-0.2, -0.15) is 0 Å². The van der Waals surface area contributed by atoms with Gasteiger partial charge in [0.2, 0.25) is 0 Å². The zero-order chi connectivity index (χ0) is 20.1. The van der Waals surface area contributed by atoms with Crippen molar-refractivity contribution in [2.24, 2.45) is 17.8 Å². The maximum Gasteiger partial charge on any atom is 0.190 e. The van der Waals surface area contributed by atoms with Gasteiger partial charge in [0, 0.05) is 12.8 Å². The molecule has 26 heavy (non-hydrogen) atoms. The molecule has 0 aromatic heterocycles. The fourth-order valence-corrected chi connectivity index (χ4v) is 3.34. The van der Waals surface area contributed by atoms with Gasteiger partial charge in [-0.1, -0.05) is 47.5 Å². The Balaban J connectivity index is 3.22. The predicted octanol–water partition coefficient (Wildman–Crippen LogP) is 3.93. The van der Waals surface area contributed by atoms with Crippen molar-refractivity contribution in [1.82, 2.24) is 0 Å². The molecule has 0 fully saturated rings. The van der Waals surface area contributed by atoms with E-state index >= 15 is 0 Å². The van der Waals surface area contributed by atoms with Crippen LogP contribution in [-0.2, 0) is 14.4 Å². The molecule has 1 aliphatic carbocycles. The Kier molecular flexibility index (Phi) is 8.19. The molecule has 0 bridgehead atoms. The van der Waals surface area contributed by atoms with Gasteiger partial charge < -0.3 is 10.2 Å². The number of carbonyl (C=O) groups excluding carboxylic acids is 3. The molecule has 0 aromatic carbocycles. The molecule has 0 radical (unpaired) electrons. The van der Waals surface area contributed by atoms with Crippen molar-refractivity contribution in [2.45, 2.75) is 85.2 Å². The number of Topliss-reactive ketones (excluding diaryl/α,β-unsaturated/α-hetero) is 3. The Bertz CT molecular complexity index is 573.